The average molecular weight is 275 g/mol. The molecular weight excluding hydrogens is 250 g/mol. The number of piperidine rings is 1. The number of methoxy groups -OCH3 is 2. The minimum Gasteiger partial charge on any atom is -0.496 e. The average Bonchev–Trinajstić information content (AvgIpc) is 2.54. The molecule has 0 saturated carbocycles. The third kappa shape index (κ3) is 2.39. The van der Waals surface area contributed by atoms with Gasteiger partial charge in [0.05, 0.1) is 14.2 Å². The van der Waals surface area contributed by atoms with Crippen molar-refractivity contribution in [1.82, 2.24) is 5.32 Å². The summed E-state index contributed by atoms with van der Waals surface area (Å²) in [6.07, 6.45) is 7.26. The molecule has 1 atom stereocenters. The summed E-state index contributed by atoms with van der Waals surface area (Å²) in [6, 6.07) is 2.24. The van der Waals surface area contributed by atoms with Gasteiger partial charge in [-0.3, -0.25) is 0 Å². The summed E-state index contributed by atoms with van der Waals surface area (Å²) >= 11 is 0. The van der Waals surface area contributed by atoms with E-state index in [4.69, 9.17) is 9.47 Å². The Balaban J connectivity index is 2.07. The molecule has 2 aliphatic rings. The maximum absolute atomic E-state index is 5.81. The van der Waals surface area contributed by atoms with E-state index in [1.165, 1.54) is 42.4 Å². The number of hydrogen-bond acceptors (Lipinski definition) is 3. The summed E-state index contributed by atoms with van der Waals surface area (Å²) < 4.78 is 11.5. The van der Waals surface area contributed by atoms with Gasteiger partial charge < -0.3 is 14.8 Å². The molecule has 1 aromatic rings. The second-order valence-electron chi connectivity index (χ2n) is 5.91. The largest absolute Gasteiger partial charge is 0.496 e. The fourth-order valence-electron chi connectivity index (χ4n) is 3.74. The van der Waals surface area contributed by atoms with Crippen LogP contribution in [0.4, 0.5) is 0 Å². The van der Waals surface area contributed by atoms with Crippen LogP contribution in [0.15, 0.2) is 6.07 Å². The smallest absolute Gasteiger partial charge is 0.126 e. The van der Waals surface area contributed by atoms with E-state index in [-0.39, 0.29) is 0 Å². The van der Waals surface area contributed by atoms with Crippen LogP contribution in [0, 0.1) is 0 Å². The van der Waals surface area contributed by atoms with E-state index in [1.54, 1.807) is 7.11 Å². The zero-order valence-electron chi connectivity index (χ0n) is 12.6. The van der Waals surface area contributed by atoms with Gasteiger partial charge in [-0.05, 0) is 51.1 Å². The van der Waals surface area contributed by atoms with Gasteiger partial charge in [-0.2, -0.15) is 0 Å². The summed E-state index contributed by atoms with van der Waals surface area (Å²) in [5.74, 6) is 2.76. The molecule has 1 aromatic carbocycles. The van der Waals surface area contributed by atoms with Crippen LogP contribution in [0.25, 0.3) is 0 Å². The van der Waals surface area contributed by atoms with Crippen molar-refractivity contribution in [2.24, 2.45) is 0 Å². The predicted molar refractivity (Wildman–Crippen MR) is 81.0 cm³/mol. The van der Waals surface area contributed by atoms with Crippen molar-refractivity contribution >= 4 is 0 Å². The molecule has 3 heteroatoms. The monoisotopic (exact) mass is 275 g/mol. The first-order chi connectivity index (χ1) is 9.85. The van der Waals surface area contributed by atoms with Crippen LogP contribution >= 0.6 is 0 Å². The van der Waals surface area contributed by atoms with Crippen LogP contribution in [0.1, 0.15) is 48.3 Å². The van der Waals surface area contributed by atoms with Crippen LogP contribution in [0.5, 0.6) is 11.5 Å². The standard InChI is InChI=1S/C17H25NO2/c1-19-16-10-15(12-6-5-9-18-11-12)17(20-2)14-8-4-3-7-13(14)16/h10,12,18H,3-9,11H2,1-2H3. The summed E-state index contributed by atoms with van der Waals surface area (Å²) in [4.78, 5) is 0. The molecule has 1 aliphatic carbocycles. The van der Waals surface area contributed by atoms with E-state index in [1.807, 2.05) is 7.11 Å². The van der Waals surface area contributed by atoms with Gasteiger partial charge in [-0.25, -0.2) is 0 Å². The van der Waals surface area contributed by atoms with Crippen molar-refractivity contribution in [1.29, 1.82) is 0 Å². The highest BCUT2D eigenvalue weighted by Gasteiger charge is 2.26. The molecule has 3 rings (SSSR count). The molecular formula is C17H25NO2. The number of hydrogen-bond donors (Lipinski definition) is 1. The first-order valence-corrected chi connectivity index (χ1v) is 7.82. The summed E-state index contributed by atoms with van der Waals surface area (Å²) in [7, 11) is 3.61. The molecule has 0 amide bonds. The van der Waals surface area contributed by atoms with Gasteiger partial charge in [0.15, 0.2) is 0 Å². The molecule has 0 bridgehead atoms. The molecule has 110 valence electrons. The van der Waals surface area contributed by atoms with Crippen molar-refractivity contribution in [3.05, 3.63) is 22.8 Å². The molecule has 1 saturated heterocycles. The van der Waals surface area contributed by atoms with Gasteiger partial charge in [0, 0.05) is 29.2 Å². The lowest BCUT2D eigenvalue weighted by Crippen LogP contribution is -2.29. The number of nitrogens with one attached hydrogen (secondary N) is 1. The highest BCUT2D eigenvalue weighted by Crippen LogP contribution is 2.42. The maximum atomic E-state index is 5.81. The minimum absolute atomic E-state index is 0.555. The molecule has 0 spiro atoms. The lowest BCUT2D eigenvalue weighted by molar-refractivity contribution is 0.373. The zero-order valence-corrected chi connectivity index (χ0v) is 12.6. The van der Waals surface area contributed by atoms with Gasteiger partial charge in [-0.1, -0.05) is 0 Å². The molecule has 1 unspecified atom stereocenters. The van der Waals surface area contributed by atoms with Gasteiger partial charge in [0.2, 0.25) is 0 Å². The van der Waals surface area contributed by atoms with Crippen molar-refractivity contribution in [3.63, 3.8) is 0 Å². The van der Waals surface area contributed by atoms with Crippen molar-refractivity contribution in [2.45, 2.75) is 44.4 Å². The lowest BCUT2D eigenvalue weighted by atomic mass is 9.83. The Hall–Kier alpha value is -1.22. The highest BCUT2D eigenvalue weighted by molar-refractivity contribution is 5.56. The topological polar surface area (TPSA) is 30.5 Å². The Kier molecular flexibility index (Phi) is 4.16. The van der Waals surface area contributed by atoms with E-state index in [0.29, 0.717) is 5.92 Å². The van der Waals surface area contributed by atoms with E-state index in [2.05, 4.69) is 11.4 Å². The Morgan fingerprint density at radius 3 is 2.50 bits per heavy atom. The first-order valence-electron chi connectivity index (χ1n) is 7.82. The third-order valence-electron chi connectivity index (χ3n) is 4.75. The van der Waals surface area contributed by atoms with Gasteiger partial charge in [0.25, 0.3) is 0 Å². The molecule has 1 fully saturated rings. The van der Waals surface area contributed by atoms with Crippen molar-refractivity contribution < 1.29 is 9.47 Å². The van der Waals surface area contributed by atoms with Crippen molar-refractivity contribution in [2.75, 3.05) is 27.3 Å². The Bertz CT molecular complexity index is 478. The SMILES string of the molecule is COc1cc(C2CCCNC2)c(OC)c2c1CCCC2. The minimum atomic E-state index is 0.555. The first kappa shape index (κ1) is 13.7. The highest BCUT2D eigenvalue weighted by atomic mass is 16.5. The molecule has 1 heterocycles. The van der Waals surface area contributed by atoms with Crippen LogP contribution in [-0.2, 0) is 12.8 Å². The quantitative estimate of drug-likeness (QED) is 0.919. The second kappa shape index (κ2) is 6.04. The number of benzene rings is 1. The zero-order chi connectivity index (χ0) is 13.9. The number of ether oxygens (including phenoxy) is 2. The lowest BCUT2D eigenvalue weighted by Gasteiger charge is -2.29. The Labute approximate surface area is 121 Å². The van der Waals surface area contributed by atoms with Crippen LogP contribution < -0.4 is 14.8 Å². The van der Waals surface area contributed by atoms with Gasteiger partial charge in [-0.15, -0.1) is 0 Å². The number of fused-ring (bicyclic) bond motifs is 1. The maximum Gasteiger partial charge on any atom is 0.126 e. The van der Waals surface area contributed by atoms with E-state index in [0.717, 1.165) is 37.4 Å². The molecule has 20 heavy (non-hydrogen) atoms. The van der Waals surface area contributed by atoms with E-state index >= 15 is 0 Å². The van der Waals surface area contributed by atoms with Gasteiger partial charge in [0.1, 0.15) is 11.5 Å². The molecule has 1 N–H and O–H groups in total. The van der Waals surface area contributed by atoms with Gasteiger partial charge >= 0.3 is 0 Å². The Morgan fingerprint density at radius 1 is 1.05 bits per heavy atom. The normalized spacial score (nSPS) is 22.2. The van der Waals surface area contributed by atoms with E-state index in [9.17, 15) is 0 Å². The molecule has 0 radical (unpaired) electrons. The molecule has 0 aromatic heterocycles. The van der Waals surface area contributed by atoms with Crippen LogP contribution in [0.2, 0.25) is 0 Å². The number of rotatable bonds is 3. The van der Waals surface area contributed by atoms with Crippen LogP contribution in [-0.4, -0.2) is 27.3 Å². The summed E-state index contributed by atoms with van der Waals surface area (Å²) in [5, 5.41) is 3.51. The fraction of sp³-hybridized carbons (Fsp3) is 0.647. The fourth-order valence-corrected chi connectivity index (χ4v) is 3.74. The van der Waals surface area contributed by atoms with Crippen molar-refractivity contribution in [3.8, 4) is 11.5 Å². The second-order valence-corrected chi connectivity index (χ2v) is 5.91. The third-order valence-corrected chi connectivity index (χ3v) is 4.75. The molecule has 3 nitrogen and oxygen atoms in total. The predicted octanol–water partition coefficient (Wildman–Crippen LogP) is 3.05. The van der Waals surface area contributed by atoms with E-state index < -0.39 is 0 Å². The van der Waals surface area contributed by atoms with Crippen LogP contribution in [0.3, 0.4) is 0 Å². The Morgan fingerprint density at radius 2 is 1.85 bits per heavy atom. The summed E-state index contributed by atoms with van der Waals surface area (Å²) in [6.45, 7) is 2.19. The molecule has 1 aliphatic heterocycles. The summed E-state index contributed by atoms with van der Waals surface area (Å²) in [5.41, 5.74) is 4.12.